The fourth-order valence-corrected chi connectivity index (χ4v) is 6.06. The van der Waals surface area contributed by atoms with Crippen LogP contribution in [-0.2, 0) is 46.2 Å². The smallest absolute Gasteiger partial charge is 0.485 e. The van der Waals surface area contributed by atoms with Crippen LogP contribution in [0.25, 0.3) is 0 Å². The summed E-state index contributed by atoms with van der Waals surface area (Å²) in [4.78, 5) is 0. The molecule has 16 heteroatoms. The molecule has 2 aromatic heterocycles. The summed E-state index contributed by atoms with van der Waals surface area (Å²) in [6.45, 7) is 6.97. The molecule has 2 rings (SSSR count). The number of rotatable bonds is 27. The van der Waals surface area contributed by atoms with Gasteiger partial charge < -0.3 is 9.11 Å². The van der Waals surface area contributed by atoms with Gasteiger partial charge in [-0.2, -0.15) is 26.3 Å². The first kappa shape index (κ1) is 53.7. The van der Waals surface area contributed by atoms with Crippen LogP contribution in [0.15, 0.2) is 48.8 Å². The number of halogens is 6. The zero-order chi connectivity index (χ0) is 42.4. The van der Waals surface area contributed by atoms with Crippen LogP contribution in [-0.4, -0.2) is 37.0 Å². The summed E-state index contributed by atoms with van der Waals surface area (Å²) in [5.74, 6) is 0. The summed E-state index contributed by atoms with van der Waals surface area (Å²) in [5, 5.41) is 0. The first-order chi connectivity index (χ1) is 26.3. The lowest BCUT2D eigenvalue weighted by molar-refractivity contribution is -0.705. The maximum atomic E-state index is 10.7. The molecule has 8 nitrogen and oxygen atoms in total. The molecule has 0 aromatic carbocycles. The first-order valence-corrected chi connectivity index (χ1v) is 23.2. The van der Waals surface area contributed by atoms with E-state index >= 15 is 0 Å². The molecule has 0 fully saturated rings. The Morgan fingerprint density at radius 3 is 0.946 bits per heavy atom. The molecular weight excluding hydrogens is 783 g/mol. The lowest BCUT2D eigenvalue weighted by Gasteiger charge is -2.08. The standard InChI is InChI=1S/C38H66N2.2CHF3O3S/c1-3-5-7-9-11-13-15-17-19-25-33-39-35-27-23-31-37(39)29-21-22-30-38-32-24-28-36-40(38)34-26-20-18-16-14-12-10-8-6-4-2;2*2-1(3,4)8(5,6)7/h23-24,27-28,31-32,35-36H,3-22,25-26,29-30,33-34H2,1-2H3;2*(H,5,6,7)/q+2;;/p-2. The minimum absolute atomic E-state index is 1.18. The predicted octanol–water partition coefficient (Wildman–Crippen LogP) is 10.8. The normalized spacial score (nSPS) is 12.1. The maximum Gasteiger partial charge on any atom is 0.485 e. The second-order valence-electron chi connectivity index (χ2n) is 14.1. The molecule has 0 aliphatic rings. The van der Waals surface area contributed by atoms with E-state index in [1.54, 1.807) is 0 Å². The molecule has 0 N–H and O–H groups in total. The maximum absolute atomic E-state index is 10.7. The second kappa shape index (κ2) is 30.7. The molecule has 0 saturated heterocycles. The lowest BCUT2D eigenvalue weighted by Crippen LogP contribution is -2.38. The van der Waals surface area contributed by atoms with Crippen molar-refractivity contribution in [3.63, 3.8) is 0 Å². The van der Waals surface area contributed by atoms with Crippen molar-refractivity contribution in [2.45, 2.75) is 192 Å². The number of pyridine rings is 2. The van der Waals surface area contributed by atoms with Gasteiger partial charge in [-0.1, -0.05) is 129 Å². The van der Waals surface area contributed by atoms with Gasteiger partial charge in [0.05, 0.1) is 0 Å². The zero-order valence-electron chi connectivity index (χ0n) is 33.4. The van der Waals surface area contributed by atoms with Crippen LogP contribution in [0.2, 0.25) is 0 Å². The number of hydrogen-bond acceptors (Lipinski definition) is 6. The summed E-state index contributed by atoms with van der Waals surface area (Å²) in [6, 6.07) is 13.6. The molecule has 0 saturated carbocycles. The Morgan fingerprint density at radius 1 is 0.446 bits per heavy atom. The monoisotopic (exact) mass is 848 g/mol. The molecule has 0 radical (unpaired) electrons. The Hall–Kier alpha value is -2.30. The fourth-order valence-electron chi connectivity index (χ4n) is 6.06. The third kappa shape index (κ3) is 28.2. The van der Waals surface area contributed by atoms with Gasteiger partial charge in [-0.05, 0) is 25.7 Å². The van der Waals surface area contributed by atoms with Crippen LogP contribution in [0, 0.1) is 0 Å². The van der Waals surface area contributed by atoms with Crippen molar-refractivity contribution in [1.29, 1.82) is 0 Å². The highest BCUT2D eigenvalue weighted by Crippen LogP contribution is 2.21. The summed E-state index contributed by atoms with van der Waals surface area (Å²) in [5.41, 5.74) is -8.26. The molecule has 0 aliphatic carbocycles. The highest BCUT2D eigenvalue weighted by molar-refractivity contribution is 7.86. The van der Waals surface area contributed by atoms with E-state index < -0.39 is 31.3 Å². The Bertz CT molecular complexity index is 1380. The molecular formula is C40H66F6N2O6S2. The van der Waals surface area contributed by atoms with Crippen molar-refractivity contribution in [1.82, 2.24) is 0 Å². The van der Waals surface area contributed by atoms with Gasteiger partial charge in [0.2, 0.25) is 0 Å². The Morgan fingerprint density at radius 2 is 0.696 bits per heavy atom. The van der Waals surface area contributed by atoms with Crippen LogP contribution in [0.5, 0.6) is 0 Å². The molecule has 0 amide bonds. The Balaban J connectivity index is 0.00000157. The van der Waals surface area contributed by atoms with E-state index in [2.05, 4.69) is 71.8 Å². The van der Waals surface area contributed by atoms with Crippen molar-refractivity contribution in [2.24, 2.45) is 0 Å². The van der Waals surface area contributed by atoms with Gasteiger partial charge in [-0.25, -0.2) is 26.0 Å². The summed E-state index contributed by atoms with van der Waals surface area (Å²) in [6.07, 6.45) is 37.7. The van der Waals surface area contributed by atoms with Crippen LogP contribution in [0.3, 0.4) is 0 Å². The van der Waals surface area contributed by atoms with Gasteiger partial charge in [-0.15, -0.1) is 0 Å². The molecule has 326 valence electrons. The first-order valence-electron chi connectivity index (χ1n) is 20.3. The number of unbranched alkanes of at least 4 members (excludes halogenated alkanes) is 19. The molecule has 0 unspecified atom stereocenters. The minimum atomic E-state index is -6.09. The number of alkyl halides is 6. The number of hydrogen-bond donors (Lipinski definition) is 0. The minimum Gasteiger partial charge on any atom is -0.741 e. The van der Waals surface area contributed by atoms with Gasteiger partial charge in [0.1, 0.15) is 13.1 Å². The van der Waals surface area contributed by atoms with Gasteiger partial charge >= 0.3 is 11.0 Å². The van der Waals surface area contributed by atoms with Crippen LogP contribution < -0.4 is 9.13 Å². The number of nitrogens with zero attached hydrogens (tertiary/aromatic N) is 2. The lowest BCUT2D eigenvalue weighted by atomic mass is 10.1. The van der Waals surface area contributed by atoms with E-state index in [1.807, 2.05) is 0 Å². The van der Waals surface area contributed by atoms with E-state index in [0.717, 1.165) is 0 Å². The van der Waals surface area contributed by atoms with Gasteiger partial charge in [0.15, 0.2) is 44.0 Å². The number of aromatic nitrogens is 2. The van der Waals surface area contributed by atoms with Crippen molar-refractivity contribution in [3.05, 3.63) is 60.2 Å². The summed E-state index contributed by atoms with van der Waals surface area (Å²) >= 11 is 0. The van der Waals surface area contributed by atoms with Crippen LogP contribution in [0.1, 0.15) is 166 Å². The van der Waals surface area contributed by atoms with Gasteiger partial charge in [-0.3, -0.25) is 0 Å². The van der Waals surface area contributed by atoms with Crippen molar-refractivity contribution in [3.8, 4) is 0 Å². The SMILES string of the molecule is CCCCCCCCCCCC[n+]1ccccc1CCCCc1cccc[n+]1CCCCCCCCCCCC.O=S(=O)([O-])C(F)(F)F.O=S(=O)([O-])C(F)(F)F. The Kier molecular flexibility index (Phi) is 29.5. The second-order valence-corrected chi connectivity index (χ2v) is 16.9. The van der Waals surface area contributed by atoms with Gasteiger partial charge in [0, 0.05) is 49.9 Å². The average Bonchev–Trinajstić information content (AvgIpc) is 3.11. The highest BCUT2D eigenvalue weighted by Gasteiger charge is 2.37. The van der Waals surface area contributed by atoms with Crippen molar-refractivity contribution >= 4 is 20.2 Å². The van der Waals surface area contributed by atoms with Crippen LogP contribution in [0.4, 0.5) is 26.3 Å². The molecule has 2 aromatic rings. The van der Waals surface area contributed by atoms with Crippen molar-refractivity contribution < 1.29 is 61.4 Å². The quantitative estimate of drug-likeness (QED) is 0.0290. The third-order valence-electron chi connectivity index (χ3n) is 9.26. The number of aryl methyl sites for hydroxylation is 4. The zero-order valence-corrected chi connectivity index (χ0v) is 35.1. The van der Waals surface area contributed by atoms with E-state index in [4.69, 9.17) is 25.9 Å². The molecule has 56 heavy (non-hydrogen) atoms. The molecule has 2 heterocycles. The van der Waals surface area contributed by atoms with E-state index in [0.29, 0.717) is 0 Å². The van der Waals surface area contributed by atoms with Gasteiger partial charge in [0.25, 0.3) is 0 Å². The van der Waals surface area contributed by atoms with Crippen LogP contribution >= 0.6 is 0 Å². The topological polar surface area (TPSA) is 122 Å². The summed E-state index contributed by atoms with van der Waals surface area (Å²) < 4.78 is 123. The third-order valence-corrected chi connectivity index (χ3v) is 10.4. The largest absolute Gasteiger partial charge is 0.741 e. The van der Waals surface area contributed by atoms with E-state index in [1.165, 1.54) is 179 Å². The molecule has 0 atom stereocenters. The Labute approximate surface area is 333 Å². The predicted molar refractivity (Wildman–Crippen MR) is 205 cm³/mol. The van der Waals surface area contributed by atoms with Crippen molar-refractivity contribution in [2.75, 3.05) is 0 Å². The fraction of sp³-hybridized carbons (Fsp3) is 0.750. The summed E-state index contributed by atoms with van der Waals surface area (Å²) in [7, 11) is -12.2. The van der Waals surface area contributed by atoms with E-state index in [-0.39, 0.29) is 0 Å². The highest BCUT2D eigenvalue weighted by atomic mass is 32.2. The average molecular weight is 849 g/mol. The van der Waals surface area contributed by atoms with E-state index in [9.17, 15) is 26.3 Å². The molecule has 0 spiro atoms. The molecule has 0 bridgehead atoms. The molecule has 0 aliphatic heterocycles.